The van der Waals surface area contributed by atoms with Crippen LogP contribution < -0.4 is 16.0 Å². The zero-order valence-corrected chi connectivity index (χ0v) is 11.5. The molecule has 0 radical (unpaired) electrons. The van der Waals surface area contributed by atoms with Crippen molar-refractivity contribution in [2.24, 2.45) is 0 Å². The van der Waals surface area contributed by atoms with E-state index in [1.165, 1.54) is 0 Å². The summed E-state index contributed by atoms with van der Waals surface area (Å²) in [5.41, 5.74) is 1.53. The fourth-order valence-corrected chi connectivity index (χ4v) is 1.47. The van der Waals surface area contributed by atoms with Crippen LogP contribution in [0.15, 0.2) is 24.3 Å². The van der Waals surface area contributed by atoms with Gasteiger partial charge in [-0.05, 0) is 24.6 Å². The minimum Gasteiger partial charge on any atom is -0.376 e. The molecule has 0 unspecified atom stereocenters. The maximum absolute atomic E-state index is 11.4. The summed E-state index contributed by atoms with van der Waals surface area (Å²) in [5, 5.41) is 8.58. The molecule has 0 aliphatic heterocycles. The van der Waals surface area contributed by atoms with Gasteiger partial charge in [0.2, 0.25) is 11.8 Å². The first-order valence-corrected chi connectivity index (χ1v) is 6.56. The molecule has 0 fully saturated rings. The summed E-state index contributed by atoms with van der Waals surface area (Å²) in [6.45, 7) is 4.72. The molecule has 19 heavy (non-hydrogen) atoms. The monoisotopic (exact) mass is 263 g/mol. The van der Waals surface area contributed by atoms with Gasteiger partial charge in [0.1, 0.15) is 0 Å². The van der Waals surface area contributed by atoms with Crippen molar-refractivity contribution in [3.8, 4) is 0 Å². The van der Waals surface area contributed by atoms with Gasteiger partial charge in [-0.3, -0.25) is 9.59 Å². The quantitative estimate of drug-likeness (QED) is 0.704. The van der Waals surface area contributed by atoms with Crippen molar-refractivity contribution in [1.82, 2.24) is 5.32 Å². The molecule has 0 heterocycles. The van der Waals surface area contributed by atoms with Crippen LogP contribution in [0.3, 0.4) is 0 Å². The SMILES string of the molecule is CCCNC(=O)CNc1cccc(NC(=O)CC)c1. The molecule has 5 heteroatoms. The second-order valence-electron chi connectivity index (χ2n) is 4.19. The summed E-state index contributed by atoms with van der Waals surface area (Å²) in [6, 6.07) is 7.31. The highest BCUT2D eigenvalue weighted by Crippen LogP contribution is 2.14. The summed E-state index contributed by atoms with van der Waals surface area (Å²) in [5.74, 6) is -0.0670. The first kappa shape index (κ1) is 15.0. The Hall–Kier alpha value is -2.04. The first-order chi connectivity index (χ1) is 9.15. The molecule has 0 aliphatic carbocycles. The Bertz CT molecular complexity index is 432. The third-order valence-electron chi connectivity index (χ3n) is 2.49. The molecular formula is C14H21N3O2. The van der Waals surface area contributed by atoms with Gasteiger partial charge in [0.05, 0.1) is 6.54 Å². The molecule has 1 aromatic rings. The van der Waals surface area contributed by atoms with E-state index in [0.29, 0.717) is 13.0 Å². The van der Waals surface area contributed by atoms with Crippen LogP contribution in [-0.2, 0) is 9.59 Å². The average molecular weight is 263 g/mol. The van der Waals surface area contributed by atoms with Gasteiger partial charge in [0.25, 0.3) is 0 Å². The standard InChI is InChI=1S/C14H21N3O2/c1-3-8-15-14(19)10-16-11-6-5-7-12(9-11)17-13(18)4-2/h5-7,9,16H,3-4,8,10H2,1-2H3,(H,15,19)(H,17,18). The lowest BCUT2D eigenvalue weighted by atomic mass is 10.2. The largest absolute Gasteiger partial charge is 0.376 e. The molecule has 0 saturated heterocycles. The number of carbonyl (C=O) groups excluding carboxylic acids is 2. The fraction of sp³-hybridized carbons (Fsp3) is 0.429. The predicted octanol–water partition coefficient (Wildman–Crippen LogP) is 1.97. The third kappa shape index (κ3) is 5.90. The van der Waals surface area contributed by atoms with E-state index in [-0.39, 0.29) is 18.4 Å². The highest BCUT2D eigenvalue weighted by Gasteiger charge is 2.02. The normalized spacial score (nSPS) is 9.79. The molecule has 0 spiro atoms. The molecule has 0 atom stereocenters. The molecule has 0 aromatic heterocycles. The van der Waals surface area contributed by atoms with E-state index >= 15 is 0 Å². The Labute approximate surface area is 113 Å². The molecular weight excluding hydrogens is 242 g/mol. The summed E-state index contributed by atoms with van der Waals surface area (Å²) in [7, 11) is 0. The van der Waals surface area contributed by atoms with E-state index in [2.05, 4.69) is 16.0 Å². The van der Waals surface area contributed by atoms with E-state index in [4.69, 9.17) is 0 Å². The number of hydrogen-bond acceptors (Lipinski definition) is 3. The lowest BCUT2D eigenvalue weighted by molar-refractivity contribution is -0.119. The predicted molar refractivity (Wildman–Crippen MR) is 77.2 cm³/mol. The van der Waals surface area contributed by atoms with Crippen LogP contribution in [0.25, 0.3) is 0 Å². The second-order valence-corrected chi connectivity index (χ2v) is 4.19. The van der Waals surface area contributed by atoms with Crippen LogP contribution in [0.4, 0.5) is 11.4 Å². The van der Waals surface area contributed by atoms with Gasteiger partial charge in [0.15, 0.2) is 0 Å². The minimum absolute atomic E-state index is 0.0298. The summed E-state index contributed by atoms with van der Waals surface area (Å²) >= 11 is 0. The highest BCUT2D eigenvalue weighted by atomic mass is 16.2. The maximum Gasteiger partial charge on any atom is 0.239 e. The van der Waals surface area contributed by atoms with Crippen molar-refractivity contribution in [2.75, 3.05) is 23.7 Å². The molecule has 0 aliphatic rings. The molecule has 1 aromatic carbocycles. The van der Waals surface area contributed by atoms with E-state index in [1.807, 2.05) is 25.1 Å². The molecule has 0 saturated carbocycles. The van der Waals surface area contributed by atoms with Crippen molar-refractivity contribution in [3.63, 3.8) is 0 Å². The lowest BCUT2D eigenvalue weighted by Crippen LogP contribution is -2.30. The van der Waals surface area contributed by atoms with Crippen LogP contribution in [0.1, 0.15) is 26.7 Å². The Morgan fingerprint density at radius 1 is 1.11 bits per heavy atom. The summed E-state index contributed by atoms with van der Waals surface area (Å²) in [6.07, 6.45) is 1.36. The van der Waals surface area contributed by atoms with Crippen LogP contribution in [0.2, 0.25) is 0 Å². The van der Waals surface area contributed by atoms with Crippen molar-refractivity contribution < 1.29 is 9.59 Å². The number of rotatable bonds is 7. The number of anilines is 2. The Morgan fingerprint density at radius 2 is 1.84 bits per heavy atom. The molecule has 3 N–H and O–H groups in total. The highest BCUT2D eigenvalue weighted by molar-refractivity contribution is 5.91. The number of nitrogens with one attached hydrogen (secondary N) is 3. The second kappa shape index (κ2) is 8.13. The smallest absolute Gasteiger partial charge is 0.239 e. The van der Waals surface area contributed by atoms with Crippen molar-refractivity contribution >= 4 is 23.2 Å². The number of carbonyl (C=O) groups is 2. The van der Waals surface area contributed by atoms with Crippen LogP contribution in [-0.4, -0.2) is 24.9 Å². The van der Waals surface area contributed by atoms with E-state index in [9.17, 15) is 9.59 Å². The minimum atomic E-state index is -0.0372. The molecule has 2 amide bonds. The van der Waals surface area contributed by atoms with Crippen molar-refractivity contribution in [2.45, 2.75) is 26.7 Å². The zero-order chi connectivity index (χ0) is 14.1. The number of benzene rings is 1. The fourth-order valence-electron chi connectivity index (χ4n) is 1.47. The van der Waals surface area contributed by atoms with Gasteiger partial charge >= 0.3 is 0 Å². The topological polar surface area (TPSA) is 70.2 Å². The van der Waals surface area contributed by atoms with E-state index < -0.39 is 0 Å². The van der Waals surface area contributed by atoms with Crippen molar-refractivity contribution in [1.29, 1.82) is 0 Å². The zero-order valence-electron chi connectivity index (χ0n) is 11.5. The van der Waals surface area contributed by atoms with Crippen LogP contribution >= 0.6 is 0 Å². The van der Waals surface area contributed by atoms with E-state index in [1.54, 1.807) is 13.0 Å². The van der Waals surface area contributed by atoms with Crippen LogP contribution in [0.5, 0.6) is 0 Å². The van der Waals surface area contributed by atoms with E-state index in [0.717, 1.165) is 17.8 Å². The van der Waals surface area contributed by atoms with Gasteiger partial charge in [-0.25, -0.2) is 0 Å². The summed E-state index contributed by atoms with van der Waals surface area (Å²) in [4.78, 5) is 22.7. The molecule has 5 nitrogen and oxygen atoms in total. The molecule has 104 valence electrons. The Balaban J connectivity index is 2.48. The van der Waals surface area contributed by atoms with Crippen LogP contribution in [0, 0.1) is 0 Å². The lowest BCUT2D eigenvalue weighted by Gasteiger charge is -2.09. The van der Waals surface area contributed by atoms with Gasteiger partial charge in [-0.2, -0.15) is 0 Å². The molecule has 0 bridgehead atoms. The molecule has 1 rings (SSSR count). The summed E-state index contributed by atoms with van der Waals surface area (Å²) < 4.78 is 0. The first-order valence-electron chi connectivity index (χ1n) is 6.56. The number of amides is 2. The van der Waals surface area contributed by atoms with Gasteiger partial charge in [0, 0.05) is 24.3 Å². The van der Waals surface area contributed by atoms with Crippen molar-refractivity contribution in [3.05, 3.63) is 24.3 Å². The maximum atomic E-state index is 11.4. The van der Waals surface area contributed by atoms with Gasteiger partial charge in [-0.15, -0.1) is 0 Å². The van der Waals surface area contributed by atoms with Gasteiger partial charge < -0.3 is 16.0 Å². The number of hydrogen-bond donors (Lipinski definition) is 3. The van der Waals surface area contributed by atoms with Gasteiger partial charge in [-0.1, -0.05) is 19.9 Å². The third-order valence-corrected chi connectivity index (χ3v) is 2.49. The Morgan fingerprint density at radius 3 is 2.53 bits per heavy atom. The Kier molecular flexibility index (Phi) is 6.43. The average Bonchev–Trinajstić information content (AvgIpc) is 2.43.